The number of fused-ring (bicyclic) bond motifs is 4. The van der Waals surface area contributed by atoms with Gasteiger partial charge in [-0.25, -0.2) is 0 Å². The minimum absolute atomic E-state index is 0.0233. The monoisotopic (exact) mass is 460 g/mol. The van der Waals surface area contributed by atoms with Crippen molar-refractivity contribution in [1.29, 1.82) is 0 Å². The first-order valence-corrected chi connectivity index (χ1v) is 11.8. The van der Waals surface area contributed by atoms with Crippen LogP contribution in [0.25, 0.3) is 10.1 Å². The van der Waals surface area contributed by atoms with E-state index < -0.39 is 0 Å². The first-order chi connectivity index (χ1) is 15.9. The highest BCUT2D eigenvalue weighted by Gasteiger charge is 2.25. The molecule has 0 spiro atoms. The van der Waals surface area contributed by atoms with Gasteiger partial charge in [0, 0.05) is 46.2 Å². The number of aryl methyl sites for hydroxylation is 1. The second-order valence-electron chi connectivity index (χ2n) is 8.37. The first-order valence-electron chi connectivity index (χ1n) is 10.9. The fraction of sp³-hybridized carbons (Fsp3) is 0.240. The lowest BCUT2D eigenvalue weighted by Gasteiger charge is -2.29. The SMILES string of the molecule is C=CC(=O)N1CCCc2ccc(NC(=O)c3ccc4sc5c(c4c3)NCC(C)NC5=O)cc21. The van der Waals surface area contributed by atoms with E-state index in [2.05, 4.69) is 22.5 Å². The van der Waals surface area contributed by atoms with E-state index in [1.54, 1.807) is 11.0 Å². The summed E-state index contributed by atoms with van der Waals surface area (Å²) < 4.78 is 0.945. The topological polar surface area (TPSA) is 90.5 Å². The molecule has 3 amide bonds. The van der Waals surface area contributed by atoms with Crippen LogP contribution in [0.15, 0.2) is 49.1 Å². The summed E-state index contributed by atoms with van der Waals surface area (Å²) in [7, 11) is 0. The van der Waals surface area contributed by atoms with E-state index in [9.17, 15) is 14.4 Å². The zero-order chi connectivity index (χ0) is 23.1. The number of hydrogen-bond donors (Lipinski definition) is 3. The van der Waals surface area contributed by atoms with Gasteiger partial charge in [0.05, 0.1) is 5.69 Å². The molecular weight excluding hydrogens is 436 g/mol. The van der Waals surface area contributed by atoms with Crippen LogP contribution in [-0.4, -0.2) is 36.9 Å². The molecule has 0 radical (unpaired) electrons. The van der Waals surface area contributed by atoms with Crippen LogP contribution < -0.4 is 20.9 Å². The minimum Gasteiger partial charge on any atom is -0.381 e. The molecule has 2 aromatic carbocycles. The molecule has 168 valence electrons. The third kappa shape index (κ3) is 3.87. The minimum atomic E-state index is -0.249. The Labute approximate surface area is 195 Å². The molecule has 0 bridgehead atoms. The van der Waals surface area contributed by atoms with Crippen molar-refractivity contribution in [2.75, 3.05) is 28.6 Å². The van der Waals surface area contributed by atoms with Gasteiger partial charge in [-0.1, -0.05) is 12.6 Å². The van der Waals surface area contributed by atoms with Crippen LogP contribution in [0, 0.1) is 0 Å². The summed E-state index contributed by atoms with van der Waals surface area (Å²) in [5.41, 5.74) is 3.79. The third-order valence-electron chi connectivity index (χ3n) is 6.02. The van der Waals surface area contributed by atoms with Crippen LogP contribution in [0.2, 0.25) is 0 Å². The van der Waals surface area contributed by atoms with E-state index >= 15 is 0 Å². The Morgan fingerprint density at radius 1 is 1.24 bits per heavy atom. The Morgan fingerprint density at radius 2 is 2.09 bits per heavy atom. The van der Waals surface area contributed by atoms with Crippen molar-refractivity contribution < 1.29 is 14.4 Å². The highest BCUT2D eigenvalue weighted by Crippen LogP contribution is 2.37. The fourth-order valence-electron chi connectivity index (χ4n) is 4.36. The van der Waals surface area contributed by atoms with E-state index in [1.807, 2.05) is 37.3 Å². The Morgan fingerprint density at radius 3 is 2.91 bits per heavy atom. The van der Waals surface area contributed by atoms with Gasteiger partial charge in [0.25, 0.3) is 11.8 Å². The molecule has 33 heavy (non-hydrogen) atoms. The summed E-state index contributed by atoms with van der Waals surface area (Å²) in [6, 6.07) is 11.1. The van der Waals surface area contributed by atoms with Crippen LogP contribution in [0.4, 0.5) is 17.1 Å². The van der Waals surface area contributed by atoms with E-state index in [1.165, 1.54) is 17.4 Å². The molecule has 1 atom stereocenters. The number of anilines is 3. The normalized spacial score (nSPS) is 17.3. The van der Waals surface area contributed by atoms with Crippen molar-refractivity contribution in [1.82, 2.24) is 5.32 Å². The largest absolute Gasteiger partial charge is 0.381 e. The van der Waals surface area contributed by atoms with Gasteiger partial charge in [-0.05, 0) is 61.7 Å². The van der Waals surface area contributed by atoms with Crippen LogP contribution >= 0.6 is 11.3 Å². The highest BCUT2D eigenvalue weighted by molar-refractivity contribution is 7.21. The molecule has 0 fully saturated rings. The molecule has 0 aliphatic carbocycles. The van der Waals surface area contributed by atoms with Crippen LogP contribution in [-0.2, 0) is 11.2 Å². The molecule has 0 saturated heterocycles. The number of carbonyl (C=O) groups excluding carboxylic acids is 3. The van der Waals surface area contributed by atoms with E-state index in [-0.39, 0.29) is 23.8 Å². The summed E-state index contributed by atoms with van der Waals surface area (Å²) in [6.45, 7) is 6.80. The molecule has 3 N–H and O–H groups in total. The number of rotatable bonds is 3. The van der Waals surface area contributed by atoms with Crippen LogP contribution in [0.3, 0.4) is 0 Å². The molecule has 2 aliphatic heterocycles. The lowest BCUT2D eigenvalue weighted by molar-refractivity contribution is -0.114. The summed E-state index contributed by atoms with van der Waals surface area (Å²) in [5, 5.41) is 10.1. The van der Waals surface area contributed by atoms with Crippen LogP contribution in [0.1, 0.15) is 38.9 Å². The molecule has 3 heterocycles. The molecule has 1 aromatic heterocycles. The maximum absolute atomic E-state index is 13.1. The molecule has 0 saturated carbocycles. The predicted molar refractivity (Wildman–Crippen MR) is 133 cm³/mol. The van der Waals surface area contributed by atoms with Crippen molar-refractivity contribution in [2.45, 2.75) is 25.8 Å². The Bertz CT molecular complexity index is 1310. The van der Waals surface area contributed by atoms with Gasteiger partial charge in [-0.3, -0.25) is 14.4 Å². The molecule has 3 aromatic rings. The predicted octanol–water partition coefficient (Wildman–Crippen LogP) is 4.16. The second-order valence-corrected chi connectivity index (χ2v) is 9.42. The number of benzene rings is 2. The van der Waals surface area contributed by atoms with Gasteiger partial charge in [-0.15, -0.1) is 11.3 Å². The first kappa shape index (κ1) is 21.2. The number of carbonyl (C=O) groups is 3. The molecule has 5 rings (SSSR count). The Hall–Kier alpha value is -3.65. The quantitative estimate of drug-likeness (QED) is 0.512. The summed E-state index contributed by atoms with van der Waals surface area (Å²) >= 11 is 1.42. The van der Waals surface area contributed by atoms with Crippen molar-refractivity contribution >= 4 is 56.2 Å². The van der Waals surface area contributed by atoms with E-state index in [0.717, 1.165) is 39.9 Å². The van der Waals surface area contributed by atoms with Crippen molar-refractivity contribution in [3.05, 3.63) is 65.1 Å². The van der Waals surface area contributed by atoms with Crippen molar-refractivity contribution in [3.8, 4) is 0 Å². The summed E-state index contributed by atoms with van der Waals surface area (Å²) in [6.07, 6.45) is 3.10. The number of thiophene rings is 1. The lowest BCUT2D eigenvalue weighted by atomic mass is 10.0. The van der Waals surface area contributed by atoms with Gasteiger partial charge in [0.15, 0.2) is 0 Å². The smallest absolute Gasteiger partial charge is 0.263 e. The molecule has 7 nitrogen and oxygen atoms in total. The van der Waals surface area contributed by atoms with Gasteiger partial charge in [0.2, 0.25) is 5.91 Å². The third-order valence-corrected chi connectivity index (χ3v) is 7.19. The van der Waals surface area contributed by atoms with Gasteiger partial charge >= 0.3 is 0 Å². The fourth-order valence-corrected chi connectivity index (χ4v) is 5.43. The lowest BCUT2D eigenvalue weighted by Crippen LogP contribution is -2.34. The van der Waals surface area contributed by atoms with Crippen LogP contribution in [0.5, 0.6) is 0 Å². The zero-order valence-corrected chi connectivity index (χ0v) is 19.1. The molecule has 2 aliphatic rings. The summed E-state index contributed by atoms with van der Waals surface area (Å²) in [5.74, 6) is -0.489. The Kier molecular flexibility index (Phi) is 5.38. The molecule has 1 unspecified atom stereocenters. The number of nitrogens with zero attached hydrogens (tertiary/aromatic N) is 1. The zero-order valence-electron chi connectivity index (χ0n) is 18.2. The number of nitrogens with one attached hydrogen (secondary N) is 3. The average Bonchev–Trinajstić information content (AvgIpc) is 3.12. The number of amides is 3. The van der Waals surface area contributed by atoms with E-state index in [4.69, 9.17) is 0 Å². The maximum Gasteiger partial charge on any atom is 0.263 e. The van der Waals surface area contributed by atoms with Gasteiger partial charge < -0.3 is 20.9 Å². The standard InChI is InChI=1S/C25H24N4O3S/c1-3-21(30)29-10-4-5-15-6-8-17(12-19(15)29)28-24(31)16-7-9-20-18(11-16)22-23(33-20)25(32)27-14(2)13-26-22/h3,6-9,11-12,14,26H,1,4-5,10,13H2,2H3,(H,27,32)(H,28,31). The maximum atomic E-state index is 13.1. The summed E-state index contributed by atoms with van der Waals surface area (Å²) in [4.78, 5) is 40.2. The second kappa shape index (κ2) is 8.37. The highest BCUT2D eigenvalue weighted by atomic mass is 32.1. The van der Waals surface area contributed by atoms with Gasteiger partial charge in [0.1, 0.15) is 4.88 Å². The Balaban J connectivity index is 1.44. The number of hydrogen-bond acceptors (Lipinski definition) is 5. The average molecular weight is 461 g/mol. The van der Waals surface area contributed by atoms with Gasteiger partial charge in [-0.2, -0.15) is 0 Å². The molecular formula is C25H24N4O3S. The van der Waals surface area contributed by atoms with E-state index in [0.29, 0.717) is 29.2 Å². The van der Waals surface area contributed by atoms with Crippen molar-refractivity contribution in [2.24, 2.45) is 0 Å². The van der Waals surface area contributed by atoms with Crippen molar-refractivity contribution in [3.63, 3.8) is 0 Å². The molecule has 8 heteroatoms.